The van der Waals surface area contributed by atoms with Crippen LogP contribution >= 0.6 is 0 Å². The molecule has 0 bridgehead atoms. The molecule has 0 fully saturated rings. The van der Waals surface area contributed by atoms with E-state index >= 15 is 0 Å². The first-order valence-electron chi connectivity index (χ1n) is 16.4. The molecule has 0 radical (unpaired) electrons. The number of ketones is 2. The SMILES string of the molecule is C/C=C/C[C@@H](C)C(=O)[C@@H](C(C)=O)N(C)C(=O)[C@H](C(C)C)N(C)C(=O)[C@H](CC(C)C)N(C)C(=O)[C@H](CC(C)C)N(C)C(=O)C(C)C. The van der Waals surface area contributed by atoms with Gasteiger partial charge >= 0.3 is 0 Å². The third-order valence-electron chi connectivity index (χ3n) is 8.33. The van der Waals surface area contributed by atoms with Gasteiger partial charge in [-0.25, -0.2) is 0 Å². The predicted molar refractivity (Wildman–Crippen MR) is 179 cm³/mol. The summed E-state index contributed by atoms with van der Waals surface area (Å²) in [6.07, 6.45) is 4.90. The molecular weight excluding hydrogens is 572 g/mol. The quantitative estimate of drug-likeness (QED) is 0.162. The van der Waals surface area contributed by atoms with Crippen molar-refractivity contribution in [2.24, 2.45) is 29.6 Å². The Morgan fingerprint density at radius 1 is 0.600 bits per heavy atom. The molecule has 0 aliphatic heterocycles. The summed E-state index contributed by atoms with van der Waals surface area (Å²) in [5, 5.41) is 0. The Balaban J connectivity index is 6.58. The van der Waals surface area contributed by atoms with E-state index in [1.807, 2.05) is 46.8 Å². The molecule has 0 saturated heterocycles. The molecule has 0 aliphatic rings. The zero-order valence-corrected chi connectivity index (χ0v) is 30.7. The van der Waals surface area contributed by atoms with Crippen molar-refractivity contribution >= 4 is 35.2 Å². The maximum Gasteiger partial charge on any atom is 0.246 e. The van der Waals surface area contributed by atoms with Crippen LogP contribution in [0.1, 0.15) is 95.4 Å². The molecule has 0 aromatic rings. The van der Waals surface area contributed by atoms with Crippen molar-refractivity contribution in [3.05, 3.63) is 12.2 Å². The van der Waals surface area contributed by atoms with Crippen molar-refractivity contribution in [2.45, 2.75) is 120 Å². The first-order valence-corrected chi connectivity index (χ1v) is 16.4. The topological polar surface area (TPSA) is 115 Å². The molecule has 0 rings (SSSR count). The highest BCUT2D eigenvalue weighted by molar-refractivity contribution is 6.09. The number of hydrogen-bond donors (Lipinski definition) is 0. The monoisotopic (exact) mass is 634 g/mol. The second kappa shape index (κ2) is 18.8. The van der Waals surface area contributed by atoms with Gasteiger partial charge in [0.2, 0.25) is 23.6 Å². The van der Waals surface area contributed by atoms with E-state index < -0.39 is 47.7 Å². The molecule has 0 heterocycles. The zero-order chi connectivity index (χ0) is 35.5. The first-order chi connectivity index (χ1) is 20.6. The van der Waals surface area contributed by atoms with Gasteiger partial charge in [0.1, 0.15) is 24.2 Å². The van der Waals surface area contributed by atoms with Gasteiger partial charge in [-0.2, -0.15) is 0 Å². The Morgan fingerprint density at radius 3 is 1.38 bits per heavy atom. The van der Waals surface area contributed by atoms with Crippen molar-refractivity contribution in [3.63, 3.8) is 0 Å². The number of rotatable bonds is 18. The molecule has 0 aromatic carbocycles. The lowest BCUT2D eigenvalue weighted by Crippen LogP contribution is -2.60. The smallest absolute Gasteiger partial charge is 0.246 e. The molecule has 4 amide bonds. The average Bonchev–Trinajstić information content (AvgIpc) is 2.94. The van der Waals surface area contributed by atoms with Crippen molar-refractivity contribution in [3.8, 4) is 0 Å². The van der Waals surface area contributed by atoms with Gasteiger partial charge in [-0.15, -0.1) is 0 Å². The molecule has 5 atom stereocenters. The first kappa shape index (κ1) is 42.0. The van der Waals surface area contributed by atoms with Crippen LogP contribution in [0.5, 0.6) is 0 Å². The van der Waals surface area contributed by atoms with Crippen molar-refractivity contribution in [1.82, 2.24) is 19.6 Å². The average molecular weight is 635 g/mol. The van der Waals surface area contributed by atoms with Crippen molar-refractivity contribution < 1.29 is 28.8 Å². The van der Waals surface area contributed by atoms with E-state index in [0.717, 1.165) is 0 Å². The van der Waals surface area contributed by atoms with E-state index in [4.69, 9.17) is 0 Å². The Bertz CT molecular complexity index is 1070. The fourth-order valence-corrected chi connectivity index (χ4v) is 5.69. The van der Waals surface area contributed by atoms with E-state index in [1.54, 1.807) is 48.7 Å². The van der Waals surface area contributed by atoms with E-state index in [-0.39, 0.29) is 41.3 Å². The predicted octanol–water partition coefficient (Wildman–Crippen LogP) is 4.46. The summed E-state index contributed by atoms with van der Waals surface area (Å²) in [5.74, 6) is -3.22. The second-order valence-electron chi connectivity index (χ2n) is 14.1. The lowest BCUT2D eigenvalue weighted by molar-refractivity contribution is -0.156. The minimum atomic E-state index is -1.27. The van der Waals surface area contributed by atoms with Crippen LogP contribution in [0.4, 0.5) is 0 Å². The summed E-state index contributed by atoms with van der Waals surface area (Å²) in [5.41, 5.74) is 0. The van der Waals surface area contributed by atoms with E-state index in [1.165, 1.54) is 40.6 Å². The molecule has 0 spiro atoms. The van der Waals surface area contributed by atoms with Gasteiger partial charge in [-0.1, -0.05) is 74.5 Å². The fourth-order valence-electron chi connectivity index (χ4n) is 5.69. The van der Waals surface area contributed by atoms with Crippen LogP contribution in [0.3, 0.4) is 0 Å². The van der Waals surface area contributed by atoms with E-state index in [2.05, 4.69) is 0 Å². The molecule has 10 heteroatoms. The Kier molecular flexibility index (Phi) is 17.5. The molecule has 0 aromatic heterocycles. The fraction of sp³-hybridized carbons (Fsp3) is 0.771. The Labute approximate surface area is 272 Å². The molecule has 0 unspecified atom stereocenters. The van der Waals surface area contributed by atoms with Crippen LogP contribution in [0.2, 0.25) is 0 Å². The van der Waals surface area contributed by atoms with Gasteiger partial charge < -0.3 is 19.6 Å². The van der Waals surface area contributed by atoms with Gasteiger partial charge in [0.05, 0.1) is 0 Å². The van der Waals surface area contributed by atoms with Gasteiger partial charge in [-0.05, 0) is 50.9 Å². The molecule has 0 N–H and O–H groups in total. The number of nitrogens with zero attached hydrogens (tertiary/aromatic N) is 4. The summed E-state index contributed by atoms with van der Waals surface area (Å²) in [6, 6.07) is -3.91. The van der Waals surface area contributed by atoms with Gasteiger partial charge in [0.25, 0.3) is 0 Å². The largest absolute Gasteiger partial charge is 0.333 e. The van der Waals surface area contributed by atoms with Crippen molar-refractivity contribution in [1.29, 1.82) is 0 Å². The molecule has 0 aliphatic carbocycles. The third kappa shape index (κ3) is 11.7. The minimum Gasteiger partial charge on any atom is -0.333 e. The van der Waals surface area contributed by atoms with Crippen LogP contribution in [-0.2, 0) is 28.8 Å². The lowest BCUT2D eigenvalue weighted by Gasteiger charge is -2.40. The number of amides is 4. The van der Waals surface area contributed by atoms with Crippen LogP contribution in [0.25, 0.3) is 0 Å². The van der Waals surface area contributed by atoms with Gasteiger partial charge in [0.15, 0.2) is 11.6 Å². The number of hydrogen-bond acceptors (Lipinski definition) is 6. The molecular formula is C35H62N4O6. The summed E-state index contributed by atoms with van der Waals surface area (Å²) < 4.78 is 0. The van der Waals surface area contributed by atoms with Crippen LogP contribution in [-0.4, -0.2) is 107 Å². The summed E-state index contributed by atoms with van der Waals surface area (Å²) in [4.78, 5) is 86.7. The highest BCUT2D eigenvalue weighted by Gasteiger charge is 2.42. The van der Waals surface area contributed by atoms with Crippen LogP contribution in [0, 0.1) is 29.6 Å². The highest BCUT2D eigenvalue weighted by atomic mass is 16.2. The van der Waals surface area contributed by atoms with Gasteiger partial charge in [-0.3, -0.25) is 28.8 Å². The Hall–Kier alpha value is -3.04. The number of allylic oxidation sites excluding steroid dienone is 2. The van der Waals surface area contributed by atoms with Gasteiger partial charge in [0, 0.05) is 40.0 Å². The van der Waals surface area contributed by atoms with E-state index in [0.29, 0.717) is 19.3 Å². The molecule has 10 nitrogen and oxygen atoms in total. The number of Topliss-reactive ketones (excluding diaryl/α,β-unsaturated/α-hetero) is 2. The molecule has 45 heavy (non-hydrogen) atoms. The Morgan fingerprint density at radius 2 is 1.02 bits per heavy atom. The summed E-state index contributed by atoms with van der Waals surface area (Å²) in [6.45, 7) is 19.9. The van der Waals surface area contributed by atoms with E-state index in [9.17, 15) is 28.8 Å². The van der Waals surface area contributed by atoms with Crippen molar-refractivity contribution in [2.75, 3.05) is 28.2 Å². The number of carbonyl (C=O) groups excluding carboxylic acids is 6. The summed E-state index contributed by atoms with van der Waals surface area (Å²) in [7, 11) is 6.17. The standard InChI is InChI=1S/C35H62N4O6/c1-16-17-18-25(10)31(41)30(26(11)40)39(15)35(45)29(23(6)7)38(14)34(44)28(20-22(4)5)37(13)33(43)27(19-21(2)3)36(12)32(42)24(8)9/h16-17,21-25,27-30H,18-20H2,1-15H3/b17-16+/t25-,27+,28+,29+,30-/m1/s1. The minimum absolute atomic E-state index is 0.0374. The third-order valence-corrected chi connectivity index (χ3v) is 8.33. The lowest BCUT2D eigenvalue weighted by atomic mass is 9.92. The highest BCUT2D eigenvalue weighted by Crippen LogP contribution is 2.23. The number of likely N-dealkylation sites (N-methyl/N-ethyl adjacent to an activating group) is 4. The molecule has 0 saturated carbocycles. The normalized spacial score (nSPS) is 15.2. The molecule has 258 valence electrons. The van der Waals surface area contributed by atoms with Crippen LogP contribution in [0.15, 0.2) is 12.2 Å². The van der Waals surface area contributed by atoms with Crippen LogP contribution < -0.4 is 0 Å². The second-order valence-corrected chi connectivity index (χ2v) is 14.1. The zero-order valence-electron chi connectivity index (χ0n) is 30.7. The maximum atomic E-state index is 14.3. The number of carbonyl (C=O) groups is 6. The summed E-state index contributed by atoms with van der Waals surface area (Å²) >= 11 is 0. The maximum absolute atomic E-state index is 14.3.